The zero-order chi connectivity index (χ0) is 14.7. The van der Waals surface area contributed by atoms with Crippen molar-refractivity contribution in [2.24, 2.45) is 5.92 Å². The number of benzene rings is 1. The monoisotopic (exact) mass is 305 g/mol. The Bertz CT molecular complexity index is 483. The van der Waals surface area contributed by atoms with E-state index in [1.54, 1.807) is 0 Å². The lowest BCUT2D eigenvalue weighted by Crippen LogP contribution is -2.57. The van der Waals surface area contributed by atoms with Crippen molar-refractivity contribution in [1.29, 1.82) is 0 Å². The highest BCUT2D eigenvalue weighted by atomic mass is 32.1. The maximum Gasteiger partial charge on any atom is 0.171 e. The van der Waals surface area contributed by atoms with E-state index in [9.17, 15) is 0 Å². The third-order valence-corrected chi connectivity index (χ3v) is 4.62. The van der Waals surface area contributed by atoms with Crippen molar-refractivity contribution in [3.63, 3.8) is 0 Å². The van der Waals surface area contributed by atoms with Crippen molar-refractivity contribution in [2.75, 3.05) is 31.6 Å². The summed E-state index contributed by atoms with van der Waals surface area (Å²) in [6, 6.07) is 8.41. The number of anilines is 1. The topological polar surface area (TPSA) is 36.5 Å². The van der Waals surface area contributed by atoms with Crippen LogP contribution in [0.4, 0.5) is 5.69 Å². The third kappa shape index (κ3) is 3.66. The molecule has 3 heterocycles. The smallest absolute Gasteiger partial charge is 0.171 e. The molecule has 1 aromatic rings. The van der Waals surface area contributed by atoms with Crippen LogP contribution in [0.15, 0.2) is 24.3 Å². The molecule has 3 aliphatic rings. The maximum atomic E-state index is 5.44. The van der Waals surface area contributed by atoms with Crippen molar-refractivity contribution < 1.29 is 4.74 Å². The highest BCUT2D eigenvalue weighted by Crippen LogP contribution is 2.27. The molecule has 0 unspecified atom stereocenters. The molecular weight excluding hydrogens is 282 g/mol. The number of piperidine rings is 3. The lowest BCUT2D eigenvalue weighted by molar-refractivity contribution is 0.0815. The molecule has 3 saturated heterocycles. The van der Waals surface area contributed by atoms with Gasteiger partial charge in [0.2, 0.25) is 0 Å². The number of rotatable bonds is 4. The molecule has 0 aromatic heterocycles. The Morgan fingerprint density at radius 1 is 1.29 bits per heavy atom. The van der Waals surface area contributed by atoms with E-state index in [2.05, 4.69) is 15.5 Å². The van der Waals surface area contributed by atoms with Crippen LogP contribution in [0, 0.1) is 5.92 Å². The summed E-state index contributed by atoms with van der Waals surface area (Å²) in [7, 11) is 0. The fourth-order valence-electron chi connectivity index (χ4n) is 3.27. The van der Waals surface area contributed by atoms with Gasteiger partial charge in [-0.15, -0.1) is 0 Å². The first-order chi connectivity index (χ1) is 10.2. The van der Waals surface area contributed by atoms with Gasteiger partial charge in [0.25, 0.3) is 0 Å². The molecule has 0 spiro atoms. The van der Waals surface area contributed by atoms with Gasteiger partial charge < -0.3 is 20.3 Å². The lowest BCUT2D eigenvalue weighted by Gasteiger charge is -2.45. The average Bonchev–Trinajstić information content (AvgIpc) is 2.51. The quantitative estimate of drug-likeness (QED) is 0.836. The summed E-state index contributed by atoms with van der Waals surface area (Å²) >= 11 is 5.44. The number of ether oxygens (including phenoxy) is 1. The van der Waals surface area contributed by atoms with Crippen LogP contribution >= 0.6 is 12.2 Å². The summed E-state index contributed by atoms with van der Waals surface area (Å²) < 4.78 is 5.44. The van der Waals surface area contributed by atoms with E-state index >= 15 is 0 Å². The van der Waals surface area contributed by atoms with E-state index in [0.29, 0.717) is 12.6 Å². The van der Waals surface area contributed by atoms with Crippen molar-refractivity contribution in [3.05, 3.63) is 24.3 Å². The Balaban J connectivity index is 1.52. The summed E-state index contributed by atoms with van der Waals surface area (Å²) in [4.78, 5) is 2.52. The normalized spacial score (nSPS) is 27.2. The largest absolute Gasteiger partial charge is 0.494 e. The van der Waals surface area contributed by atoms with E-state index in [4.69, 9.17) is 17.0 Å². The number of hydrogen-bond acceptors (Lipinski definition) is 3. The Morgan fingerprint density at radius 3 is 2.57 bits per heavy atom. The number of hydrogen-bond donors (Lipinski definition) is 2. The molecule has 114 valence electrons. The molecule has 1 atom stereocenters. The van der Waals surface area contributed by atoms with Crippen molar-refractivity contribution in [1.82, 2.24) is 10.2 Å². The molecule has 4 nitrogen and oxygen atoms in total. The molecule has 4 rings (SSSR count). The van der Waals surface area contributed by atoms with Crippen LogP contribution in [-0.2, 0) is 0 Å². The molecule has 0 saturated carbocycles. The van der Waals surface area contributed by atoms with Crippen molar-refractivity contribution in [3.8, 4) is 5.75 Å². The molecule has 1 aromatic carbocycles. The second-order valence-electron chi connectivity index (χ2n) is 5.80. The number of nitrogens with one attached hydrogen (secondary N) is 2. The van der Waals surface area contributed by atoms with Gasteiger partial charge in [-0.05, 0) is 75.3 Å². The Kier molecular flexibility index (Phi) is 4.60. The molecule has 21 heavy (non-hydrogen) atoms. The number of nitrogens with zero attached hydrogens (tertiary/aromatic N) is 1. The van der Waals surface area contributed by atoms with Gasteiger partial charge >= 0.3 is 0 Å². The first-order valence-electron chi connectivity index (χ1n) is 7.77. The van der Waals surface area contributed by atoms with E-state index < -0.39 is 0 Å². The van der Waals surface area contributed by atoms with Crippen LogP contribution in [-0.4, -0.2) is 42.3 Å². The summed E-state index contributed by atoms with van der Waals surface area (Å²) in [6.45, 7) is 6.30. The van der Waals surface area contributed by atoms with Gasteiger partial charge in [0.15, 0.2) is 5.11 Å². The van der Waals surface area contributed by atoms with Crippen molar-refractivity contribution >= 4 is 23.0 Å². The molecule has 3 fully saturated rings. The van der Waals surface area contributed by atoms with Crippen molar-refractivity contribution in [2.45, 2.75) is 25.8 Å². The Labute approximate surface area is 131 Å². The molecule has 5 heteroatoms. The molecular formula is C16H23N3OS. The number of thiocarbonyl (C=S) groups is 1. The highest BCUT2D eigenvalue weighted by molar-refractivity contribution is 7.80. The van der Waals surface area contributed by atoms with Crippen LogP contribution in [0.25, 0.3) is 0 Å². The summed E-state index contributed by atoms with van der Waals surface area (Å²) in [5.41, 5.74) is 0.997. The third-order valence-electron chi connectivity index (χ3n) is 4.40. The fourth-order valence-corrected chi connectivity index (χ4v) is 3.53. The maximum absolute atomic E-state index is 5.44. The van der Waals surface area contributed by atoms with Crippen LogP contribution in [0.1, 0.15) is 19.8 Å². The van der Waals surface area contributed by atoms with Gasteiger partial charge in [-0.1, -0.05) is 0 Å². The second kappa shape index (κ2) is 6.62. The molecule has 3 aliphatic heterocycles. The van der Waals surface area contributed by atoms with Gasteiger partial charge in [0.1, 0.15) is 5.75 Å². The SMILES string of the molecule is CCOc1ccc(NC(=S)N[C@H]2CN3CCC2CC3)cc1. The van der Waals surface area contributed by atoms with Gasteiger partial charge in [0, 0.05) is 18.3 Å². The van der Waals surface area contributed by atoms with Gasteiger partial charge in [-0.2, -0.15) is 0 Å². The molecule has 0 amide bonds. The average molecular weight is 305 g/mol. The van der Waals surface area contributed by atoms with E-state index in [1.165, 1.54) is 25.9 Å². The predicted octanol–water partition coefficient (Wildman–Crippen LogP) is 2.47. The molecule has 2 N–H and O–H groups in total. The van der Waals surface area contributed by atoms with E-state index in [1.807, 2.05) is 31.2 Å². The highest BCUT2D eigenvalue weighted by Gasteiger charge is 2.34. The second-order valence-corrected chi connectivity index (χ2v) is 6.21. The summed E-state index contributed by atoms with van der Waals surface area (Å²) in [5.74, 6) is 1.66. The zero-order valence-corrected chi connectivity index (χ0v) is 13.3. The van der Waals surface area contributed by atoms with Crippen LogP contribution in [0.5, 0.6) is 5.75 Å². The minimum Gasteiger partial charge on any atom is -0.494 e. The molecule has 2 bridgehead atoms. The lowest BCUT2D eigenvalue weighted by atomic mass is 9.84. The van der Waals surface area contributed by atoms with Gasteiger partial charge in [-0.3, -0.25) is 0 Å². The van der Waals surface area contributed by atoms with Crippen LogP contribution in [0.2, 0.25) is 0 Å². The number of fused-ring (bicyclic) bond motifs is 3. The summed E-state index contributed by atoms with van der Waals surface area (Å²) in [6.07, 6.45) is 2.59. The first-order valence-corrected chi connectivity index (χ1v) is 8.18. The Morgan fingerprint density at radius 2 is 2.00 bits per heavy atom. The first kappa shape index (κ1) is 14.6. The standard InChI is InChI=1S/C16H23N3OS/c1-2-20-14-5-3-13(4-6-14)17-16(21)18-15-11-19-9-7-12(15)8-10-19/h3-6,12,15H,2,7-11H2,1H3,(H2,17,18,21)/t15-/m0/s1. The predicted molar refractivity (Wildman–Crippen MR) is 89.9 cm³/mol. The van der Waals surface area contributed by atoms with Crippen LogP contribution in [0.3, 0.4) is 0 Å². The van der Waals surface area contributed by atoms with Crippen LogP contribution < -0.4 is 15.4 Å². The minimum absolute atomic E-state index is 0.496. The van der Waals surface area contributed by atoms with E-state index in [0.717, 1.165) is 29.0 Å². The fraction of sp³-hybridized carbons (Fsp3) is 0.562. The molecule has 0 aliphatic carbocycles. The molecule has 0 radical (unpaired) electrons. The summed E-state index contributed by atoms with van der Waals surface area (Å²) in [5, 5.41) is 7.47. The van der Waals surface area contributed by atoms with E-state index in [-0.39, 0.29) is 0 Å². The Hall–Kier alpha value is -1.33. The zero-order valence-electron chi connectivity index (χ0n) is 12.5. The minimum atomic E-state index is 0.496. The van der Waals surface area contributed by atoms with Gasteiger partial charge in [-0.25, -0.2) is 0 Å². The van der Waals surface area contributed by atoms with Gasteiger partial charge in [0.05, 0.1) is 6.61 Å².